The number of hydrogen-bond donors (Lipinski definition) is 0. The van der Waals surface area contributed by atoms with Crippen LogP contribution in [0.2, 0.25) is 0 Å². The molecule has 0 saturated heterocycles. The highest BCUT2D eigenvalue weighted by Crippen LogP contribution is 2.54. The van der Waals surface area contributed by atoms with Crippen LogP contribution in [0.3, 0.4) is 0 Å². The summed E-state index contributed by atoms with van der Waals surface area (Å²) in [5.41, 5.74) is -6.90. The molecule has 22 heteroatoms. The van der Waals surface area contributed by atoms with Crippen molar-refractivity contribution in [2.45, 2.75) is 29.4 Å². The predicted octanol–water partition coefficient (Wildman–Crippen LogP) is 0.777. The smallest absolute Gasteiger partial charge is 0.248 e. The topological polar surface area (TPSA) is 256 Å². The van der Waals surface area contributed by atoms with Crippen LogP contribution < -0.4 is 5.30 Å². The number of sulfone groups is 6. The summed E-state index contributed by atoms with van der Waals surface area (Å²) < 4.78 is 169. The maximum Gasteiger partial charge on any atom is 0.248 e. The van der Waals surface area contributed by atoms with Crippen LogP contribution in [-0.4, -0.2) is 99.1 Å². The maximum absolute atomic E-state index is 15.2. The van der Waals surface area contributed by atoms with E-state index in [0.29, 0.717) is 61.8 Å². The lowest BCUT2D eigenvalue weighted by Gasteiger charge is -2.22. The van der Waals surface area contributed by atoms with E-state index in [4.69, 9.17) is 0 Å². The van der Waals surface area contributed by atoms with E-state index in [0.717, 1.165) is 24.3 Å². The van der Waals surface area contributed by atoms with Crippen LogP contribution in [0.4, 0.5) is 0 Å². The van der Waals surface area contributed by atoms with Gasteiger partial charge in [-0.15, -0.1) is 0 Å². The van der Waals surface area contributed by atoms with Gasteiger partial charge in [0.1, 0.15) is 0 Å². The third-order valence-corrected chi connectivity index (χ3v) is 15.9. The highest BCUT2D eigenvalue weighted by molar-refractivity contribution is 8.01. The summed E-state index contributed by atoms with van der Waals surface area (Å²) in [4.78, 5) is 22.2. The molecule has 0 heterocycles. The quantitative estimate of drug-likeness (QED) is 0.243. The van der Waals surface area contributed by atoms with Gasteiger partial charge in [-0.2, -0.15) is 0 Å². The van der Waals surface area contributed by atoms with Crippen LogP contribution in [0, 0.1) is 0 Å². The van der Waals surface area contributed by atoms with Crippen molar-refractivity contribution in [3.63, 3.8) is 0 Å². The zero-order valence-electron chi connectivity index (χ0n) is 25.7. The van der Waals surface area contributed by atoms with E-state index in [1.165, 1.54) is 6.07 Å². The number of benzene rings is 3. The van der Waals surface area contributed by atoms with Gasteiger partial charge >= 0.3 is 0 Å². The van der Waals surface area contributed by atoms with Crippen molar-refractivity contribution in [3.05, 3.63) is 65.7 Å². The van der Waals surface area contributed by atoms with Gasteiger partial charge in [-0.1, -0.05) is 30.3 Å². The molecule has 0 atom stereocenters. The molecule has 0 spiro atoms. The number of hydrogen-bond acceptors (Lipinski definition) is 15. The molecule has 0 aliphatic heterocycles. The minimum atomic E-state index is -5.83. The molecule has 0 radical (unpaired) electrons. The summed E-state index contributed by atoms with van der Waals surface area (Å²) in [5, 5.41) is -0.739. The molecule has 0 aliphatic rings. The van der Waals surface area contributed by atoms with Gasteiger partial charge in [0.25, 0.3) is 0 Å². The predicted molar refractivity (Wildman–Crippen MR) is 174 cm³/mol. The third-order valence-electron chi connectivity index (χ3n) is 6.65. The summed E-state index contributed by atoms with van der Waals surface area (Å²) >= 11 is 0. The molecule has 0 unspecified atom stereocenters. The van der Waals surface area contributed by atoms with Crippen molar-refractivity contribution in [2.24, 2.45) is 0 Å². The highest BCUT2D eigenvalue weighted by Gasteiger charge is 2.49. The summed E-state index contributed by atoms with van der Waals surface area (Å²) in [6.07, 6.45) is 3.03. The van der Waals surface area contributed by atoms with Crippen molar-refractivity contribution in [3.8, 4) is 0 Å². The van der Waals surface area contributed by atoms with E-state index in [1.54, 1.807) is 0 Å². The zero-order valence-corrected chi connectivity index (χ0v) is 31.5. The summed E-state index contributed by atoms with van der Waals surface area (Å²) in [6, 6.07) is 7.08. The van der Waals surface area contributed by atoms with Gasteiger partial charge in [-0.25, -0.2) is 50.5 Å². The molecule has 0 N–H and O–H groups in total. The Labute approximate surface area is 278 Å². The first kappa shape index (κ1) is 39.4. The molecule has 0 aliphatic carbocycles. The van der Waals surface area contributed by atoms with E-state index < -0.39 is 123 Å². The van der Waals surface area contributed by atoms with Crippen LogP contribution in [-0.2, 0) is 63.6 Å². The van der Waals surface area contributed by atoms with Gasteiger partial charge in [0.05, 0.1) is 40.5 Å². The van der Waals surface area contributed by atoms with Crippen LogP contribution in [0.15, 0.2) is 84.0 Å². The van der Waals surface area contributed by atoms with Gasteiger partial charge in [0, 0.05) is 42.8 Å². The highest BCUT2D eigenvalue weighted by atomic mass is 32.2. The Morgan fingerprint density at radius 3 is 0.896 bits per heavy atom. The van der Waals surface area contributed by atoms with Crippen molar-refractivity contribution in [1.82, 2.24) is 0 Å². The van der Waals surface area contributed by atoms with Gasteiger partial charge in [0.2, 0.25) is 18.2 Å². The fourth-order valence-electron chi connectivity index (χ4n) is 4.43. The minimum Gasteiger partial charge on any atom is -0.302 e. The summed E-state index contributed by atoms with van der Waals surface area (Å²) in [7, 11) is -33.8. The van der Waals surface area contributed by atoms with Gasteiger partial charge in [-0.05, 0) is 24.3 Å². The Kier molecular flexibility index (Phi) is 10.1. The molecule has 15 nitrogen and oxygen atoms in total. The molecule has 3 aromatic carbocycles. The first-order valence-corrected chi connectivity index (χ1v) is 25.7. The number of carbonyl (C=O) groups excluding carboxylic acids is 2. The van der Waals surface area contributed by atoms with E-state index in [1.807, 2.05) is 0 Å². The fraction of sp³-hybridized carbons (Fsp3) is 0.231. The molecule has 262 valence electrons. The van der Waals surface area contributed by atoms with Crippen LogP contribution in [0.5, 0.6) is 0 Å². The summed E-state index contributed by atoms with van der Waals surface area (Å²) in [6.45, 7) is 0. The second-order valence-corrected chi connectivity index (χ2v) is 25.3. The second kappa shape index (κ2) is 12.4. The van der Waals surface area contributed by atoms with Crippen molar-refractivity contribution in [2.75, 3.05) is 37.5 Å². The lowest BCUT2D eigenvalue weighted by Crippen LogP contribution is -2.26. The number of carbonyl (C=O) groups is 2. The Morgan fingerprint density at radius 2 is 0.688 bits per heavy atom. The summed E-state index contributed by atoms with van der Waals surface area (Å²) in [5.74, 6) is 0. The van der Waals surface area contributed by atoms with Crippen molar-refractivity contribution < 1.29 is 64.7 Å². The first-order valence-electron chi connectivity index (χ1n) is 12.7. The van der Waals surface area contributed by atoms with Crippen LogP contribution in [0.1, 0.15) is 20.7 Å². The average Bonchev–Trinajstić information content (AvgIpc) is 2.92. The molecule has 0 amide bonds. The largest absolute Gasteiger partial charge is 0.302 e. The van der Waals surface area contributed by atoms with Crippen LogP contribution in [0.25, 0.3) is 0 Å². The van der Waals surface area contributed by atoms with Crippen molar-refractivity contribution in [1.29, 1.82) is 0 Å². The standard InChI is InChI=1S/C26H27O15PS6/c1-43(30,31)17-12-19(45(3,34)35)23(20(13-17)46(4,36)37)25(27)42(29,16-10-8-7-9-11-16)26(28)24-21(47(5,38)39)14-18(44(2,32)33)15-22(24)48(6,40)41/h7-15H,1-6H3. The van der Waals surface area contributed by atoms with E-state index in [-0.39, 0.29) is 0 Å². The van der Waals surface area contributed by atoms with E-state index >= 15 is 4.57 Å². The van der Waals surface area contributed by atoms with E-state index in [9.17, 15) is 60.1 Å². The SMILES string of the molecule is CS(=O)(=O)c1cc(S(C)(=O)=O)c(C(=O)P(=O)(C(=O)c2c(S(C)(=O)=O)cc(S(C)(=O)=O)cc2S(C)(=O)=O)c2ccccc2)c(S(C)(=O)=O)c1. The minimum absolute atomic E-state index is 0.414. The Morgan fingerprint density at radius 1 is 0.438 bits per heavy atom. The number of rotatable bonds is 11. The Bertz CT molecular complexity index is 2370. The van der Waals surface area contributed by atoms with Gasteiger partial charge in [-0.3, -0.25) is 9.59 Å². The molecule has 3 rings (SSSR count). The molecule has 0 aromatic heterocycles. The second-order valence-electron chi connectivity index (χ2n) is 10.8. The fourth-order valence-corrected chi connectivity index (χ4v) is 12.5. The van der Waals surface area contributed by atoms with Gasteiger partial charge < -0.3 is 4.57 Å². The maximum atomic E-state index is 15.2. The van der Waals surface area contributed by atoms with Crippen molar-refractivity contribution >= 4 is 82.5 Å². The van der Waals surface area contributed by atoms with Gasteiger partial charge in [0.15, 0.2) is 59.0 Å². The first-order chi connectivity index (χ1) is 21.3. The molecule has 48 heavy (non-hydrogen) atoms. The molecule has 0 saturated carbocycles. The molecule has 0 bridgehead atoms. The van der Waals surface area contributed by atoms with Crippen LogP contribution >= 0.6 is 7.14 Å². The molecule has 3 aromatic rings. The van der Waals surface area contributed by atoms with E-state index in [2.05, 4.69) is 0 Å². The lowest BCUT2D eigenvalue weighted by molar-refractivity contribution is 0.103. The third kappa shape index (κ3) is 7.71. The lowest BCUT2D eigenvalue weighted by atomic mass is 10.2. The Balaban J connectivity index is 2.75. The normalized spacial score (nSPS) is 13.6. The average molecular weight is 803 g/mol. The Hall–Kier alpha value is -3.07. The molecular formula is C26H27O15PS6. The zero-order chi connectivity index (χ0) is 37.2. The molecular weight excluding hydrogens is 776 g/mol. The monoisotopic (exact) mass is 802 g/mol. The molecule has 0 fully saturated rings.